The molecule has 25 heavy (non-hydrogen) atoms. The lowest BCUT2D eigenvalue weighted by molar-refractivity contribution is 0.411. The number of hydrogen-bond donors (Lipinski definition) is 2. The second-order valence-corrected chi connectivity index (χ2v) is 7.85. The molecule has 1 aliphatic carbocycles. The van der Waals surface area contributed by atoms with Crippen molar-refractivity contribution < 1.29 is 13.2 Å². The van der Waals surface area contributed by atoms with E-state index in [0.717, 1.165) is 18.4 Å². The summed E-state index contributed by atoms with van der Waals surface area (Å²) in [6.45, 7) is 1.79. The van der Waals surface area contributed by atoms with E-state index in [0.29, 0.717) is 17.6 Å². The van der Waals surface area contributed by atoms with Crippen LogP contribution in [-0.2, 0) is 10.0 Å². The molecule has 0 spiro atoms. The molecule has 1 aromatic carbocycles. The van der Waals surface area contributed by atoms with E-state index in [4.69, 9.17) is 4.74 Å². The summed E-state index contributed by atoms with van der Waals surface area (Å²) >= 11 is 0. The van der Waals surface area contributed by atoms with E-state index in [2.05, 4.69) is 20.2 Å². The van der Waals surface area contributed by atoms with E-state index < -0.39 is 10.0 Å². The summed E-state index contributed by atoms with van der Waals surface area (Å²) < 4.78 is 32.6. The molecule has 1 heterocycles. The number of aryl methyl sites for hydroxylation is 1. The predicted octanol–water partition coefficient (Wildman–Crippen LogP) is 2.95. The van der Waals surface area contributed by atoms with E-state index in [9.17, 15) is 8.42 Å². The van der Waals surface area contributed by atoms with Gasteiger partial charge in [-0.15, -0.1) is 10.2 Å². The number of hydrogen-bond acceptors (Lipinski definition) is 6. The second-order valence-electron chi connectivity index (χ2n) is 6.17. The molecule has 0 saturated heterocycles. The maximum atomic E-state index is 12.5. The Labute approximate surface area is 147 Å². The normalized spacial score (nSPS) is 15.1. The Kier molecular flexibility index (Phi) is 5.08. The number of aromatic nitrogens is 2. The summed E-state index contributed by atoms with van der Waals surface area (Å²) in [7, 11) is -2.18. The van der Waals surface area contributed by atoms with Gasteiger partial charge in [0.25, 0.3) is 10.0 Å². The van der Waals surface area contributed by atoms with Gasteiger partial charge < -0.3 is 10.1 Å². The second kappa shape index (κ2) is 7.26. The van der Waals surface area contributed by atoms with Crippen molar-refractivity contribution in [2.75, 3.05) is 17.1 Å². The van der Waals surface area contributed by atoms with Gasteiger partial charge >= 0.3 is 0 Å². The molecule has 1 aliphatic rings. The van der Waals surface area contributed by atoms with Gasteiger partial charge in [0.1, 0.15) is 11.6 Å². The Morgan fingerprint density at radius 3 is 2.36 bits per heavy atom. The lowest BCUT2D eigenvalue weighted by Gasteiger charge is -2.13. The highest BCUT2D eigenvalue weighted by Gasteiger charge is 2.18. The average Bonchev–Trinajstić information content (AvgIpc) is 3.09. The van der Waals surface area contributed by atoms with Crippen LogP contribution in [0.25, 0.3) is 0 Å². The highest BCUT2D eigenvalue weighted by atomic mass is 32.2. The van der Waals surface area contributed by atoms with Crippen molar-refractivity contribution in [2.24, 2.45) is 0 Å². The van der Waals surface area contributed by atoms with Crippen molar-refractivity contribution >= 4 is 21.7 Å². The minimum atomic E-state index is -3.72. The summed E-state index contributed by atoms with van der Waals surface area (Å²) in [5.74, 6) is 1.49. The number of methoxy groups -OCH3 is 1. The van der Waals surface area contributed by atoms with Crippen LogP contribution >= 0.6 is 0 Å². The molecule has 1 fully saturated rings. The molecular weight excluding hydrogens is 340 g/mol. The lowest BCUT2D eigenvalue weighted by atomic mass is 10.2. The summed E-state index contributed by atoms with van der Waals surface area (Å²) in [6.07, 6.45) is 4.72. The molecular formula is C17H22N4O3S. The van der Waals surface area contributed by atoms with Crippen LogP contribution in [0.15, 0.2) is 35.2 Å². The fourth-order valence-electron chi connectivity index (χ4n) is 2.96. The van der Waals surface area contributed by atoms with Crippen molar-refractivity contribution in [3.8, 4) is 5.75 Å². The van der Waals surface area contributed by atoms with Crippen molar-refractivity contribution in [3.05, 3.63) is 35.9 Å². The van der Waals surface area contributed by atoms with Crippen molar-refractivity contribution in [1.29, 1.82) is 0 Å². The van der Waals surface area contributed by atoms with Gasteiger partial charge in [0, 0.05) is 6.04 Å². The van der Waals surface area contributed by atoms with Crippen LogP contribution in [0.4, 0.5) is 11.6 Å². The molecule has 0 aliphatic heterocycles. The molecule has 8 heteroatoms. The summed E-state index contributed by atoms with van der Waals surface area (Å²) in [5.41, 5.74) is 0.743. The highest BCUT2D eigenvalue weighted by Crippen LogP contribution is 2.24. The van der Waals surface area contributed by atoms with E-state index >= 15 is 0 Å². The molecule has 1 saturated carbocycles. The Balaban J connectivity index is 1.71. The number of nitrogens with zero attached hydrogens (tertiary/aromatic N) is 2. The molecule has 0 bridgehead atoms. The minimum Gasteiger partial charge on any atom is -0.496 e. The number of rotatable bonds is 6. The van der Waals surface area contributed by atoms with Crippen LogP contribution in [0, 0.1) is 6.92 Å². The Morgan fingerprint density at radius 2 is 1.76 bits per heavy atom. The van der Waals surface area contributed by atoms with Crippen molar-refractivity contribution in [3.63, 3.8) is 0 Å². The zero-order valence-corrected chi connectivity index (χ0v) is 15.1. The molecule has 134 valence electrons. The van der Waals surface area contributed by atoms with Gasteiger partial charge in [-0.1, -0.05) is 12.8 Å². The third-order valence-corrected chi connectivity index (χ3v) is 5.64. The summed E-state index contributed by atoms with van der Waals surface area (Å²) in [6, 6.07) is 8.46. The fourth-order valence-corrected chi connectivity index (χ4v) is 4.04. The zero-order chi connectivity index (χ0) is 17.9. The highest BCUT2D eigenvalue weighted by molar-refractivity contribution is 7.92. The molecule has 2 aromatic rings. The molecule has 0 amide bonds. The number of benzene rings is 1. The SMILES string of the molecule is COc1ccc(S(=O)(=O)Nc2ccc(NC3CCCC3)nn2)cc1C. The molecule has 2 N–H and O–H groups in total. The maximum Gasteiger partial charge on any atom is 0.263 e. The van der Waals surface area contributed by atoms with E-state index in [1.54, 1.807) is 38.3 Å². The van der Waals surface area contributed by atoms with Crippen LogP contribution in [0.5, 0.6) is 5.75 Å². The molecule has 7 nitrogen and oxygen atoms in total. The monoisotopic (exact) mass is 362 g/mol. The lowest BCUT2D eigenvalue weighted by Crippen LogP contribution is -2.17. The third-order valence-electron chi connectivity index (χ3n) is 4.29. The van der Waals surface area contributed by atoms with Crippen molar-refractivity contribution in [1.82, 2.24) is 10.2 Å². The van der Waals surface area contributed by atoms with Gasteiger partial charge in [-0.25, -0.2) is 8.42 Å². The first-order valence-corrected chi connectivity index (χ1v) is 9.74. The van der Waals surface area contributed by atoms with Gasteiger partial charge in [0.05, 0.1) is 12.0 Å². The summed E-state index contributed by atoms with van der Waals surface area (Å²) in [4.78, 5) is 0.153. The number of nitrogens with one attached hydrogen (secondary N) is 2. The molecule has 0 atom stereocenters. The van der Waals surface area contributed by atoms with Crippen LogP contribution in [-0.4, -0.2) is 31.8 Å². The van der Waals surface area contributed by atoms with Gasteiger partial charge in [-0.05, 0) is 55.7 Å². The molecule has 3 rings (SSSR count). The number of sulfonamides is 1. The fraction of sp³-hybridized carbons (Fsp3) is 0.412. The zero-order valence-electron chi connectivity index (χ0n) is 14.3. The van der Waals surface area contributed by atoms with Gasteiger partial charge in [-0.2, -0.15) is 0 Å². The van der Waals surface area contributed by atoms with Crippen LogP contribution < -0.4 is 14.8 Å². The standard InChI is InChI=1S/C17H22N4O3S/c1-12-11-14(7-8-15(12)24-2)25(22,23)21-17-10-9-16(19-20-17)18-13-5-3-4-6-13/h7-11,13H,3-6H2,1-2H3,(H,18,19)(H,20,21). The van der Waals surface area contributed by atoms with Gasteiger partial charge in [0.15, 0.2) is 5.82 Å². The molecule has 0 unspecified atom stereocenters. The van der Waals surface area contributed by atoms with E-state index in [-0.39, 0.29) is 10.7 Å². The van der Waals surface area contributed by atoms with Crippen LogP contribution in [0.3, 0.4) is 0 Å². The van der Waals surface area contributed by atoms with Crippen LogP contribution in [0.1, 0.15) is 31.2 Å². The maximum absolute atomic E-state index is 12.5. The quantitative estimate of drug-likeness (QED) is 0.821. The van der Waals surface area contributed by atoms with Gasteiger partial charge in [0.2, 0.25) is 0 Å². The topological polar surface area (TPSA) is 93.2 Å². The van der Waals surface area contributed by atoms with Crippen LogP contribution in [0.2, 0.25) is 0 Å². The molecule has 0 radical (unpaired) electrons. The average molecular weight is 362 g/mol. The Morgan fingerprint density at radius 1 is 1.08 bits per heavy atom. The number of anilines is 2. The molecule has 1 aromatic heterocycles. The largest absolute Gasteiger partial charge is 0.496 e. The third kappa shape index (κ3) is 4.19. The summed E-state index contributed by atoms with van der Waals surface area (Å²) in [5, 5.41) is 11.3. The smallest absolute Gasteiger partial charge is 0.263 e. The minimum absolute atomic E-state index is 0.153. The Bertz CT molecular complexity index is 831. The number of ether oxygens (including phenoxy) is 1. The first kappa shape index (κ1) is 17.5. The predicted molar refractivity (Wildman–Crippen MR) is 96.5 cm³/mol. The van der Waals surface area contributed by atoms with E-state index in [1.807, 2.05) is 0 Å². The van der Waals surface area contributed by atoms with Gasteiger partial charge in [-0.3, -0.25) is 4.72 Å². The Hall–Kier alpha value is -2.35. The first-order valence-electron chi connectivity index (χ1n) is 8.26. The first-order chi connectivity index (χ1) is 12.0. The van der Waals surface area contributed by atoms with E-state index in [1.165, 1.54) is 18.9 Å². The van der Waals surface area contributed by atoms with Crippen molar-refractivity contribution in [2.45, 2.75) is 43.5 Å².